The first-order chi connectivity index (χ1) is 8.16. The van der Waals surface area contributed by atoms with Gasteiger partial charge in [-0.15, -0.1) is 0 Å². The SMILES string of the molecule is Nc1ccc(O)c(NC(=O)c2cc[c]cc2)c1. The fourth-order valence-corrected chi connectivity index (χ4v) is 1.39. The highest BCUT2D eigenvalue weighted by Gasteiger charge is 2.08. The zero-order valence-corrected chi connectivity index (χ0v) is 8.97. The number of hydrogen-bond acceptors (Lipinski definition) is 3. The number of nitrogens with two attached hydrogens (primary N) is 1. The lowest BCUT2D eigenvalue weighted by molar-refractivity contribution is 0.102. The van der Waals surface area contributed by atoms with Crippen molar-refractivity contribution in [3.8, 4) is 5.75 Å². The van der Waals surface area contributed by atoms with Gasteiger partial charge in [-0.05, 0) is 36.4 Å². The molecule has 1 radical (unpaired) electrons. The van der Waals surface area contributed by atoms with E-state index in [1.165, 1.54) is 12.1 Å². The van der Waals surface area contributed by atoms with Crippen LogP contribution in [-0.2, 0) is 0 Å². The predicted octanol–water partition coefficient (Wildman–Crippen LogP) is 2.03. The first kappa shape index (κ1) is 11.0. The van der Waals surface area contributed by atoms with Gasteiger partial charge in [0.1, 0.15) is 5.75 Å². The smallest absolute Gasteiger partial charge is 0.255 e. The van der Waals surface area contributed by atoms with E-state index in [0.29, 0.717) is 16.9 Å². The maximum Gasteiger partial charge on any atom is 0.255 e. The van der Waals surface area contributed by atoms with Crippen molar-refractivity contribution in [3.05, 3.63) is 54.1 Å². The molecule has 0 spiro atoms. The molecule has 4 N–H and O–H groups in total. The van der Waals surface area contributed by atoms with Crippen LogP contribution in [0.4, 0.5) is 11.4 Å². The highest BCUT2D eigenvalue weighted by atomic mass is 16.3. The third-order valence-corrected chi connectivity index (χ3v) is 2.25. The molecule has 4 heteroatoms. The number of amides is 1. The van der Waals surface area contributed by atoms with Gasteiger partial charge in [0.05, 0.1) is 5.69 Å². The molecular formula is C13H11N2O2. The largest absolute Gasteiger partial charge is 0.506 e. The minimum absolute atomic E-state index is 0.0185. The van der Waals surface area contributed by atoms with Crippen LogP contribution < -0.4 is 11.1 Å². The highest BCUT2D eigenvalue weighted by Crippen LogP contribution is 2.25. The Morgan fingerprint density at radius 2 is 1.94 bits per heavy atom. The Labute approximate surface area is 98.7 Å². The van der Waals surface area contributed by atoms with Crippen molar-refractivity contribution in [2.24, 2.45) is 0 Å². The molecule has 0 aliphatic heterocycles. The molecule has 0 saturated heterocycles. The second-order valence-electron chi connectivity index (χ2n) is 3.52. The van der Waals surface area contributed by atoms with Crippen molar-refractivity contribution >= 4 is 17.3 Å². The first-order valence-electron chi connectivity index (χ1n) is 5.03. The molecule has 0 aromatic heterocycles. The van der Waals surface area contributed by atoms with Gasteiger partial charge in [0.15, 0.2) is 0 Å². The van der Waals surface area contributed by atoms with E-state index in [-0.39, 0.29) is 11.7 Å². The molecule has 85 valence electrons. The van der Waals surface area contributed by atoms with E-state index >= 15 is 0 Å². The Kier molecular flexibility index (Phi) is 2.96. The van der Waals surface area contributed by atoms with Crippen LogP contribution in [0.3, 0.4) is 0 Å². The van der Waals surface area contributed by atoms with E-state index in [9.17, 15) is 9.90 Å². The number of anilines is 2. The van der Waals surface area contributed by atoms with E-state index in [4.69, 9.17) is 5.73 Å². The number of phenols is 1. The van der Waals surface area contributed by atoms with Crippen molar-refractivity contribution in [1.29, 1.82) is 0 Å². The number of rotatable bonds is 2. The number of carbonyl (C=O) groups is 1. The Morgan fingerprint density at radius 3 is 2.65 bits per heavy atom. The van der Waals surface area contributed by atoms with Crippen molar-refractivity contribution in [3.63, 3.8) is 0 Å². The molecule has 1 amide bonds. The molecule has 0 aliphatic carbocycles. The van der Waals surface area contributed by atoms with Crippen LogP contribution in [-0.4, -0.2) is 11.0 Å². The van der Waals surface area contributed by atoms with Gasteiger partial charge >= 0.3 is 0 Å². The number of phenolic OH excluding ortho intramolecular Hbond substituents is 1. The number of benzene rings is 2. The zero-order valence-electron chi connectivity index (χ0n) is 8.97. The van der Waals surface area contributed by atoms with Gasteiger partial charge in [0, 0.05) is 11.3 Å². The third kappa shape index (κ3) is 2.55. The van der Waals surface area contributed by atoms with E-state index < -0.39 is 0 Å². The Hall–Kier alpha value is -2.49. The average molecular weight is 227 g/mol. The van der Waals surface area contributed by atoms with Gasteiger partial charge in [-0.3, -0.25) is 4.79 Å². The maximum atomic E-state index is 11.8. The fraction of sp³-hybridized carbons (Fsp3) is 0. The number of aromatic hydroxyl groups is 1. The van der Waals surface area contributed by atoms with Crippen molar-refractivity contribution in [1.82, 2.24) is 0 Å². The number of nitrogen functional groups attached to an aromatic ring is 1. The van der Waals surface area contributed by atoms with Crippen molar-refractivity contribution in [2.75, 3.05) is 11.1 Å². The lowest BCUT2D eigenvalue weighted by atomic mass is 10.2. The number of hydrogen-bond donors (Lipinski definition) is 3. The summed E-state index contributed by atoms with van der Waals surface area (Å²) in [5, 5.41) is 12.1. The Morgan fingerprint density at radius 1 is 1.24 bits per heavy atom. The first-order valence-corrected chi connectivity index (χ1v) is 5.03. The predicted molar refractivity (Wildman–Crippen MR) is 65.8 cm³/mol. The van der Waals surface area contributed by atoms with Crippen LogP contribution in [0.1, 0.15) is 10.4 Å². The minimum Gasteiger partial charge on any atom is -0.506 e. The van der Waals surface area contributed by atoms with E-state index in [1.807, 2.05) is 0 Å². The van der Waals surface area contributed by atoms with Gasteiger partial charge < -0.3 is 16.2 Å². The maximum absolute atomic E-state index is 11.8. The molecule has 2 rings (SSSR count). The van der Waals surface area contributed by atoms with Crippen molar-refractivity contribution in [2.45, 2.75) is 0 Å². The molecule has 0 heterocycles. The average Bonchev–Trinajstić information content (AvgIpc) is 2.35. The molecule has 0 unspecified atom stereocenters. The summed E-state index contributed by atoms with van der Waals surface area (Å²) in [6, 6.07) is 13.9. The summed E-state index contributed by atoms with van der Waals surface area (Å²) >= 11 is 0. The molecule has 2 aromatic rings. The molecular weight excluding hydrogens is 216 g/mol. The topological polar surface area (TPSA) is 75.3 Å². The van der Waals surface area contributed by atoms with Crippen LogP contribution in [0.15, 0.2) is 42.5 Å². The normalized spacial score (nSPS) is 9.88. The molecule has 0 fully saturated rings. The van der Waals surface area contributed by atoms with Crippen LogP contribution >= 0.6 is 0 Å². The fourth-order valence-electron chi connectivity index (χ4n) is 1.39. The molecule has 0 bridgehead atoms. The summed E-state index contributed by atoms with van der Waals surface area (Å²) in [5.41, 5.74) is 6.83. The second-order valence-corrected chi connectivity index (χ2v) is 3.52. The molecule has 17 heavy (non-hydrogen) atoms. The van der Waals surface area contributed by atoms with Gasteiger partial charge in [0.25, 0.3) is 5.91 Å². The lowest BCUT2D eigenvalue weighted by Crippen LogP contribution is -2.11. The standard InChI is InChI=1S/C13H11N2O2/c14-10-6-7-12(16)11(8-10)15-13(17)9-4-2-1-3-5-9/h2-8,16H,14H2,(H,15,17). The minimum atomic E-state index is -0.306. The van der Waals surface area contributed by atoms with Crippen LogP contribution in [0, 0.1) is 6.07 Å². The summed E-state index contributed by atoms with van der Waals surface area (Å²) in [4.78, 5) is 11.8. The van der Waals surface area contributed by atoms with Gasteiger partial charge in [0.2, 0.25) is 0 Å². The molecule has 0 aliphatic rings. The monoisotopic (exact) mass is 227 g/mol. The highest BCUT2D eigenvalue weighted by molar-refractivity contribution is 6.05. The van der Waals surface area contributed by atoms with E-state index in [0.717, 1.165) is 0 Å². The quantitative estimate of drug-likeness (QED) is 0.417. The molecule has 2 aromatic carbocycles. The lowest BCUT2D eigenvalue weighted by Gasteiger charge is -2.07. The van der Waals surface area contributed by atoms with Gasteiger partial charge in [-0.25, -0.2) is 0 Å². The zero-order chi connectivity index (χ0) is 12.3. The summed E-state index contributed by atoms with van der Waals surface area (Å²) in [7, 11) is 0. The molecule has 4 nitrogen and oxygen atoms in total. The Bertz CT molecular complexity index is 538. The summed E-state index contributed by atoms with van der Waals surface area (Å²) < 4.78 is 0. The summed E-state index contributed by atoms with van der Waals surface area (Å²) in [6.07, 6.45) is 0. The second kappa shape index (κ2) is 4.57. The van der Waals surface area contributed by atoms with Crippen LogP contribution in [0.5, 0.6) is 5.75 Å². The van der Waals surface area contributed by atoms with Gasteiger partial charge in [-0.2, -0.15) is 0 Å². The van der Waals surface area contributed by atoms with Gasteiger partial charge in [-0.1, -0.05) is 12.1 Å². The van der Waals surface area contributed by atoms with E-state index in [2.05, 4.69) is 11.4 Å². The number of carbonyl (C=O) groups excluding carboxylic acids is 1. The molecule has 0 saturated carbocycles. The van der Waals surface area contributed by atoms with Crippen molar-refractivity contribution < 1.29 is 9.90 Å². The number of nitrogens with one attached hydrogen (secondary N) is 1. The van der Waals surface area contributed by atoms with Crippen LogP contribution in [0.2, 0.25) is 0 Å². The van der Waals surface area contributed by atoms with E-state index in [1.54, 1.807) is 30.3 Å². The molecule has 0 atom stereocenters. The Balaban J connectivity index is 2.22. The van der Waals surface area contributed by atoms with Crippen LogP contribution in [0.25, 0.3) is 0 Å². The summed E-state index contributed by atoms with van der Waals surface area (Å²) in [6.45, 7) is 0. The third-order valence-electron chi connectivity index (χ3n) is 2.25. The summed E-state index contributed by atoms with van der Waals surface area (Å²) in [5.74, 6) is -0.324.